The van der Waals surface area contributed by atoms with E-state index in [1.807, 2.05) is 0 Å². The van der Waals surface area contributed by atoms with Crippen molar-refractivity contribution in [2.24, 2.45) is 0 Å². The van der Waals surface area contributed by atoms with Gasteiger partial charge in [0.05, 0.1) is 25.2 Å². The number of benzene rings is 2. The van der Waals surface area contributed by atoms with Crippen molar-refractivity contribution in [3.63, 3.8) is 0 Å². The molecule has 2 rings (SSSR count). The monoisotopic (exact) mass is 330 g/mol. The Kier molecular flexibility index (Phi) is 5.36. The van der Waals surface area contributed by atoms with Crippen molar-refractivity contribution in [2.45, 2.75) is 13.0 Å². The van der Waals surface area contributed by atoms with Crippen molar-refractivity contribution < 1.29 is 19.2 Å². The highest BCUT2D eigenvalue weighted by Crippen LogP contribution is 2.29. The summed E-state index contributed by atoms with van der Waals surface area (Å²) in [5.41, 5.74) is 0.524. The minimum absolute atomic E-state index is 0.0156. The summed E-state index contributed by atoms with van der Waals surface area (Å²) in [5.74, 6) is 0.671. The second-order valence-electron chi connectivity index (χ2n) is 5.08. The largest absolute Gasteiger partial charge is 0.497 e. The molecule has 0 bridgehead atoms. The van der Waals surface area contributed by atoms with Crippen LogP contribution in [0, 0.1) is 10.1 Å². The summed E-state index contributed by atoms with van der Waals surface area (Å²) < 4.78 is 10.5. The van der Waals surface area contributed by atoms with E-state index in [2.05, 4.69) is 5.32 Å². The molecule has 0 aliphatic heterocycles. The molecule has 0 fully saturated rings. The zero-order valence-electron chi connectivity index (χ0n) is 13.6. The first-order chi connectivity index (χ1) is 11.5. The molecular formula is C17H18N2O5. The van der Waals surface area contributed by atoms with Gasteiger partial charge in [-0.15, -0.1) is 0 Å². The first-order valence-corrected chi connectivity index (χ1v) is 7.24. The Morgan fingerprint density at radius 1 is 1.17 bits per heavy atom. The van der Waals surface area contributed by atoms with Crippen molar-refractivity contribution in [1.29, 1.82) is 0 Å². The summed E-state index contributed by atoms with van der Waals surface area (Å²) in [6.45, 7) is 1.77. The molecule has 7 heteroatoms. The van der Waals surface area contributed by atoms with Crippen LogP contribution in [-0.4, -0.2) is 25.1 Å². The Bertz CT molecular complexity index is 760. The van der Waals surface area contributed by atoms with E-state index in [9.17, 15) is 14.9 Å². The first kappa shape index (κ1) is 17.3. The van der Waals surface area contributed by atoms with E-state index in [0.717, 1.165) is 5.56 Å². The second kappa shape index (κ2) is 7.45. The Hall–Kier alpha value is -3.09. The van der Waals surface area contributed by atoms with Crippen LogP contribution < -0.4 is 14.8 Å². The lowest BCUT2D eigenvalue weighted by Crippen LogP contribution is -2.27. The second-order valence-corrected chi connectivity index (χ2v) is 5.08. The molecule has 7 nitrogen and oxygen atoms in total. The number of hydrogen-bond donors (Lipinski definition) is 1. The van der Waals surface area contributed by atoms with E-state index in [4.69, 9.17) is 9.47 Å². The maximum absolute atomic E-state index is 12.4. The molecule has 0 aromatic heterocycles. The van der Waals surface area contributed by atoms with E-state index < -0.39 is 16.9 Å². The molecule has 0 saturated carbocycles. The van der Waals surface area contributed by atoms with Crippen molar-refractivity contribution in [1.82, 2.24) is 5.32 Å². The van der Waals surface area contributed by atoms with Crippen LogP contribution in [0.3, 0.4) is 0 Å². The van der Waals surface area contributed by atoms with Gasteiger partial charge in [-0.3, -0.25) is 14.9 Å². The zero-order chi connectivity index (χ0) is 17.7. The molecule has 1 amide bonds. The number of ether oxygens (including phenoxy) is 2. The van der Waals surface area contributed by atoms with E-state index in [0.29, 0.717) is 11.5 Å². The molecule has 1 N–H and O–H groups in total. The van der Waals surface area contributed by atoms with Gasteiger partial charge >= 0.3 is 0 Å². The lowest BCUT2D eigenvalue weighted by Gasteiger charge is -2.18. The van der Waals surface area contributed by atoms with Crippen molar-refractivity contribution in [3.05, 3.63) is 63.7 Å². The van der Waals surface area contributed by atoms with Gasteiger partial charge in [0.25, 0.3) is 11.6 Å². The predicted octanol–water partition coefficient (Wildman–Crippen LogP) is 3.10. The third-order valence-electron chi connectivity index (χ3n) is 3.60. The molecule has 0 heterocycles. The molecule has 2 aromatic carbocycles. The van der Waals surface area contributed by atoms with Crippen molar-refractivity contribution in [2.75, 3.05) is 14.2 Å². The van der Waals surface area contributed by atoms with Gasteiger partial charge in [-0.2, -0.15) is 0 Å². The third kappa shape index (κ3) is 3.62. The highest BCUT2D eigenvalue weighted by Gasteiger charge is 2.22. The molecule has 24 heavy (non-hydrogen) atoms. The Morgan fingerprint density at radius 2 is 1.88 bits per heavy atom. The van der Waals surface area contributed by atoms with Crippen molar-refractivity contribution in [3.8, 4) is 11.5 Å². The van der Waals surface area contributed by atoms with Gasteiger partial charge in [-0.25, -0.2) is 0 Å². The number of nitrogens with one attached hydrogen (secondary N) is 1. The summed E-state index contributed by atoms with van der Waals surface area (Å²) in [6, 6.07) is 10.7. The quantitative estimate of drug-likeness (QED) is 0.649. The van der Waals surface area contributed by atoms with Gasteiger partial charge in [0, 0.05) is 17.7 Å². The van der Waals surface area contributed by atoms with Gasteiger partial charge in [-0.1, -0.05) is 12.1 Å². The summed E-state index contributed by atoms with van der Waals surface area (Å²) in [7, 11) is 3.07. The number of carbonyl (C=O) groups is 1. The Labute approximate surface area is 139 Å². The first-order valence-electron chi connectivity index (χ1n) is 7.24. The number of methoxy groups -OCH3 is 2. The molecule has 126 valence electrons. The van der Waals surface area contributed by atoms with Gasteiger partial charge in [0.2, 0.25) is 0 Å². The summed E-state index contributed by atoms with van der Waals surface area (Å²) in [4.78, 5) is 22.9. The van der Waals surface area contributed by atoms with Crippen LogP contribution in [0.25, 0.3) is 0 Å². The van der Waals surface area contributed by atoms with Crippen LogP contribution >= 0.6 is 0 Å². The van der Waals surface area contributed by atoms with Crippen molar-refractivity contribution >= 4 is 11.6 Å². The SMILES string of the molecule is COc1ccc(C(C)NC(=O)c2ccccc2[N+](=O)[O-])c(OC)c1. The number of para-hydroxylation sites is 1. The lowest BCUT2D eigenvalue weighted by molar-refractivity contribution is -0.385. The minimum atomic E-state index is -0.576. The normalized spacial score (nSPS) is 11.5. The van der Waals surface area contributed by atoms with Crippen LogP contribution in [0.5, 0.6) is 11.5 Å². The highest BCUT2D eigenvalue weighted by atomic mass is 16.6. The summed E-state index contributed by atoms with van der Waals surface area (Å²) in [5, 5.41) is 13.8. The van der Waals surface area contributed by atoms with E-state index in [-0.39, 0.29) is 11.3 Å². The van der Waals surface area contributed by atoms with Gasteiger partial charge in [0.15, 0.2) is 0 Å². The molecule has 0 radical (unpaired) electrons. The average molecular weight is 330 g/mol. The lowest BCUT2D eigenvalue weighted by atomic mass is 10.1. The van der Waals surface area contributed by atoms with Gasteiger partial charge in [0.1, 0.15) is 17.1 Å². The number of nitro benzene ring substituents is 1. The number of rotatable bonds is 6. The number of nitro groups is 1. The number of amides is 1. The summed E-state index contributed by atoms with van der Waals surface area (Å²) >= 11 is 0. The minimum Gasteiger partial charge on any atom is -0.497 e. The Balaban J connectivity index is 2.25. The van der Waals surface area contributed by atoms with Crippen LogP contribution in [0.4, 0.5) is 5.69 Å². The number of carbonyl (C=O) groups excluding carboxylic acids is 1. The van der Waals surface area contributed by atoms with E-state index in [1.165, 1.54) is 25.3 Å². The average Bonchev–Trinajstić information content (AvgIpc) is 2.60. The van der Waals surface area contributed by atoms with Crippen LogP contribution in [-0.2, 0) is 0 Å². The maximum Gasteiger partial charge on any atom is 0.282 e. The fourth-order valence-electron chi connectivity index (χ4n) is 2.35. The molecule has 0 spiro atoms. The van der Waals surface area contributed by atoms with Gasteiger partial charge in [-0.05, 0) is 25.1 Å². The fourth-order valence-corrected chi connectivity index (χ4v) is 2.35. The molecular weight excluding hydrogens is 312 g/mol. The van der Waals surface area contributed by atoms with E-state index >= 15 is 0 Å². The number of hydrogen-bond acceptors (Lipinski definition) is 5. The molecule has 0 aliphatic rings. The van der Waals surface area contributed by atoms with Crippen LogP contribution in [0.2, 0.25) is 0 Å². The molecule has 0 saturated heterocycles. The zero-order valence-corrected chi connectivity index (χ0v) is 13.6. The maximum atomic E-state index is 12.4. The van der Waals surface area contributed by atoms with E-state index in [1.54, 1.807) is 38.3 Å². The highest BCUT2D eigenvalue weighted by molar-refractivity contribution is 5.98. The smallest absolute Gasteiger partial charge is 0.282 e. The molecule has 2 aromatic rings. The molecule has 0 aliphatic carbocycles. The van der Waals surface area contributed by atoms with Gasteiger partial charge < -0.3 is 14.8 Å². The third-order valence-corrected chi connectivity index (χ3v) is 3.60. The topological polar surface area (TPSA) is 90.7 Å². The van der Waals surface area contributed by atoms with Crippen LogP contribution in [0.1, 0.15) is 28.9 Å². The molecule has 1 unspecified atom stereocenters. The standard InChI is InChI=1S/C17H18N2O5/c1-11(13-9-8-12(23-2)10-16(13)24-3)18-17(20)14-6-4-5-7-15(14)19(21)22/h4-11H,1-3H3,(H,18,20). The molecule has 1 atom stereocenters. The number of nitrogens with zero attached hydrogens (tertiary/aromatic N) is 1. The Morgan fingerprint density at radius 3 is 2.50 bits per heavy atom. The predicted molar refractivity (Wildman–Crippen MR) is 88.5 cm³/mol. The summed E-state index contributed by atoms with van der Waals surface area (Å²) in [6.07, 6.45) is 0. The van der Waals surface area contributed by atoms with Crippen LogP contribution in [0.15, 0.2) is 42.5 Å². The fraction of sp³-hybridized carbons (Fsp3) is 0.235.